The Kier molecular flexibility index (Phi) is 6.03. The van der Waals surface area contributed by atoms with Crippen LogP contribution >= 0.6 is 0 Å². The molecule has 156 valence electrons. The first-order chi connectivity index (χ1) is 14.6. The maximum Gasteiger partial charge on any atom is 0.220 e. The van der Waals surface area contributed by atoms with Crippen LogP contribution in [0, 0.1) is 5.92 Å². The van der Waals surface area contributed by atoms with Crippen LogP contribution in [0.4, 0.5) is 0 Å². The number of aromatic nitrogens is 1. The van der Waals surface area contributed by atoms with E-state index in [2.05, 4.69) is 29.8 Å². The van der Waals surface area contributed by atoms with Gasteiger partial charge in [0, 0.05) is 36.2 Å². The summed E-state index contributed by atoms with van der Waals surface area (Å²) >= 11 is 0. The first kappa shape index (κ1) is 20.4. The summed E-state index contributed by atoms with van der Waals surface area (Å²) < 4.78 is 2.19. The number of rotatable bonds is 8. The number of nitrogens with zero attached hydrogens (tertiary/aromatic N) is 1. The third kappa shape index (κ3) is 4.48. The van der Waals surface area contributed by atoms with Gasteiger partial charge in [0.2, 0.25) is 5.91 Å². The molecule has 1 aliphatic rings. The van der Waals surface area contributed by atoms with Gasteiger partial charge in [-0.1, -0.05) is 43.3 Å². The zero-order chi connectivity index (χ0) is 21.1. The fraction of sp³-hybridized carbons (Fsp3) is 0.385. The van der Waals surface area contributed by atoms with Gasteiger partial charge >= 0.3 is 0 Å². The number of fused-ring (bicyclic) bond motifs is 1. The van der Waals surface area contributed by atoms with Crippen LogP contribution in [0.1, 0.15) is 51.1 Å². The van der Waals surface area contributed by atoms with Crippen LogP contribution in [0.2, 0.25) is 0 Å². The van der Waals surface area contributed by atoms with Crippen LogP contribution in [-0.2, 0) is 11.2 Å². The second-order valence-electron chi connectivity index (χ2n) is 8.49. The highest BCUT2D eigenvalue weighted by atomic mass is 16.1. The topological polar surface area (TPSA) is 51.1 Å². The monoisotopic (exact) mass is 402 g/mol. The number of pyridine rings is 1. The molecule has 1 saturated carbocycles. The molecule has 1 atom stereocenters. The van der Waals surface area contributed by atoms with E-state index in [1.165, 1.54) is 18.4 Å². The van der Waals surface area contributed by atoms with Crippen molar-refractivity contribution >= 4 is 16.8 Å². The van der Waals surface area contributed by atoms with E-state index in [1.807, 2.05) is 48.7 Å². The van der Waals surface area contributed by atoms with Crippen molar-refractivity contribution < 1.29 is 4.79 Å². The summed E-state index contributed by atoms with van der Waals surface area (Å²) in [6, 6.07) is 16.0. The van der Waals surface area contributed by atoms with Gasteiger partial charge < -0.3 is 9.88 Å². The molecule has 2 aromatic carbocycles. The molecule has 0 saturated heterocycles. The Labute approximate surface area is 177 Å². The fourth-order valence-electron chi connectivity index (χ4n) is 3.95. The number of aryl methyl sites for hydroxylation is 1. The summed E-state index contributed by atoms with van der Waals surface area (Å²) in [6.07, 6.45) is 6.60. The minimum atomic E-state index is 0.0597. The maximum absolute atomic E-state index is 13.2. The molecule has 0 bridgehead atoms. The molecule has 1 aromatic heterocycles. The Bertz CT molecular complexity index is 1100. The van der Waals surface area contributed by atoms with Crippen molar-refractivity contribution in [2.24, 2.45) is 5.92 Å². The third-order valence-electron chi connectivity index (χ3n) is 6.14. The van der Waals surface area contributed by atoms with Crippen molar-refractivity contribution in [3.05, 3.63) is 70.5 Å². The molecule has 1 aliphatic carbocycles. The molecular formula is C26H30N2O2. The Hall–Kier alpha value is -2.88. The average molecular weight is 403 g/mol. The molecule has 3 aromatic rings. The molecule has 4 rings (SSSR count). The third-order valence-corrected chi connectivity index (χ3v) is 6.14. The van der Waals surface area contributed by atoms with Crippen molar-refractivity contribution in [2.45, 2.75) is 52.0 Å². The van der Waals surface area contributed by atoms with Crippen LogP contribution in [0.15, 0.2) is 59.5 Å². The molecule has 0 radical (unpaired) electrons. The van der Waals surface area contributed by atoms with Gasteiger partial charge in [0.15, 0.2) is 5.43 Å². The van der Waals surface area contributed by atoms with Crippen molar-refractivity contribution in [3.63, 3.8) is 0 Å². The SMILES string of the molecule is CCc1ccc2c(=O)c(-c3ccccc3)cn(C(C)CCC(=O)NCC3CC3)c2c1. The van der Waals surface area contributed by atoms with Crippen LogP contribution in [-0.4, -0.2) is 17.0 Å². The van der Waals surface area contributed by atoms with Crippen LogP contribution in [0.25, 0.3) is 22.0 Å². The number of amides is 1. The molecule has 1 fully saturated rings. The van der Waals surface area contributed by atoms with Gasteiger partial charge in [-0.05, 0) is 61.8 Å². The normalized spacial score (nSPS) is 14.6. The smallest absolute Gasteiger partial charge is 0.220 e. The Morgan fingerprint density at radius 2 is 1.93 bits per heavy atom. The lowest BCUT2D eigenvalue weighted by Crippen LogP contribution is -2.26. The summed E-state index contributed by atoms with van der Waals surface area (Å²) in [4.78, 5) is 25.5. The number of carbonyl (C=O) groups is 1. The van der Waals surface area contributed by atoms with Crippen molar-refractivity contribution in [3.8, 4) is 11.1 Å². The van der Waals surface area contributed by atoms with Crippen LogP contribution in [0.3, 0.4) is 0 Å². The molecule has 1 N–H and O–H groups in total. The van der Waals surface area contributed by atoms with Crippen molar-refractivity contribution in [2.75, 3.05) is 6.54 Å². The Morgan fingerprint density at radius 1 is 1.17 bits per heavy atom. The molecule has 0 aliphatic heterocycles. The van der Waals surface area contributed by atoms with E-state index in [9.17, 15) is 9.59 Å². The first-order valence-electron chi connectivity index (χ1n) is 11.1. The molecule has 30 heavy (non-hydrogen) atoms. The summed E-state index contributed by atoms with van der Waals surface area (Å²) in [5.74, 6) is 0.812. The number of hydrogen-bond donors (Lipinski definition) is 1. The van der Waals surface area contributed by atoms with Gasteiger partial charge in [0.05, 0.1) is 5.52 Å². The number of carbonyl (C=O) groups excluding carboxylic acids is 1. The molecule has 0 spiro atoms. The Balaban J connectivity index is 1.67. The summed E-state index contributed by atoms with van der Waals surface area (Å²) in [6.45, 7) is 5.06. The van der Waals surface area contributed by atoms with Crippen LogP contribution in [0.5, 0.6) is 0 Å². The largest absolute Gasteiger partial charge is 0.356 e. The van der Waals surface area contributed by atoms with Crippen LogP contribution < -0.4 is 10.7 Å². The minimum absolute atomic E-state index is 0.0597. The van der Waals surface area contributed by atoms with E-state index in [1.54, 1.807) is 0 Å². The second kappa shape index (κ2) is 8.86. The summed E-state index contributed by atoms with van der Waals surface area (Å²) in [5.41, 5.74) is 3.84. The zero-order valence-corrected chi connectivity index (χ0v) is 17.9. The van der Waals surface area contributed by atoms with E-state index < -0.39 is 0 Å². The highest BCUT2D eigenvalue weighted by Crippen LogP contribution is 2.28. The molecule has 1 amide bonds. The highest BCUT2D eigenvalue weighted by molar-refractivity contribution is 5.85. The minimum Gasteiger partial charge on any atom is -0.356 e. The van der Waals surface area contributed by atoms with Gasteiger partial charge in [0.25, 0.3) is 0 Å². The first-order valence-corrected chi connectivity index (χ1v) is 11.1. The molecule has 4 nitrogen and oxygen atoms in total. The van der Waals surface area contributed by atoms with Crippen molar-refractivity contribution in [1.82, 2.24) is 9.88 Å². The predicted molar refractivity (Wildman–Crippen MR) is 123 cm³/mol. The lowest BCUT2D eigenvalue weighted by atomic mass is 10.0. The Morgan fingerprint density at radius 3 is 2.63 bits per heavy atom. The van der Waals surface area contributed by atoms with E-state index in [0.717, 1.165) is 35.9 Å². The standard InChI is InChI=1S/C26H30N2O2/c1-3-19-12-13-22-24(15-19)28(17-23(26(22)30)21-7-5-4-6-8-21)18(2)9-14-25(29)27-16-20-10-11-20/h4-8,12-13,15,17-18,20H,3,9-11,14,16H2,1-2H3,(H,27,29). The molecule has 1 heterocycles. The fourth-order valence-corrected chi connectivity index (χ4v) is 3.95. The molecule has 1 unspecified atom stereocenters. The van der Waals surface area contributed by atoms with E-state index in [4.69, 9.17) is 0 Å². The van der Waals surface area contributed by atoms with E-state index in [-0.39, 0.29) is 17.4 Å². The number of nitrogens with one attached hydrogen (secondary N) is 1. The molecule has 4 heteroatoms. The van der Waals surface area contributed by atoms with E-state index >= 15 is 0 Å². The lowest BCUT2D eigenvalue weighted by molar-refractivity contribution is -0.121. The van der Waals surface area contributed by atoms with Gasteiger partial charge in [0.1, 0.15) is 0 Å². The zero-order valence-electron chi connectivity index (χ0n) is 17.9. The second-order valence-corrected chi connectivity index (χ2v) is 8.49. The molecular weight excluding hydrogens is 372 g/mol. The average Bonchev–Trinajstić information content (AvgIpc) is 3.61. The number of benzene rings is 2. The highest BCUT2D eigenvalue weighted by Gasteiger charge is 2.22. The van der Waals surface area contributed by atoms with Gasteiger partial charge in [-0.3, -0.25) is 9.59 Å². The van der Waals surface area contributed by atoms with Gasteiger partial charge in [-0.2, -0.15) is 0 Å². The quantitative estimate of drug-likeness (QED) is 0.570. The number of hydrogen-bond acceptors (Lipinski definition) is 2. The summed E-state index contributed by atoms with van der Waals surface area (Å²) in [7, 11) is 0. The van der Waals surface area contributed by atoms with Crippen molar-refractivity contribution in [1.29, 1.82) is 0 Å². The predicted octanol–water partition coefficient (Wildman–Crippen LogP) is 5.10. The van der Waals surface area contributed by atoms with Gasteiger partial charge in [-0.25, -0.2) is 0 Å². The maximum atomic E-state index is 13.2. The summed E-state index contributed by atoms with van der Waals surface area (Å²) in [5, 5.41) is 3.79. The lowest BCUT2D eigenvalue weighted by Gasteiger charge is -2.21. The van der Waals surface area contributed by atoms with E-state index in [0.29, 0.717) is 17.9 Å². The van der Waals surface area contributed by atoms with Gasteiger partial charge in [-0.15, -0.1) is 0 Å².